The number of anilines is 1. The van der Waals surface area contributed by atoms with Crippen LogP contribution in [0.2, 0.25) is 0 Å². The molecule has 3 rings (SSSR count). The maximum atomic E-state index is 4.21. The van der Waals surface area contributed by atoms with Crippen LogP contribution in [0.25, 0.3) is 5.70 Å². The van der Waals surface area contributed by atoms with E-state index in [2.05, 4.69) is 74.0 Å². The van der Waals surface area contributed by atoms with Crippen LogP contribution in [-0.2, 0) is 19.4 Å². The van der Waals surface area contributed by atoms with Crippen LogP contribution >= 0.6 is 0 Å². The second kappa shape index (κ2) is 7.60. The third kappa shape index (κ3) is 4.14. The summed E-state index contributed by atoms with van der Waals surface area (Å²) in [6.07, 6.45) is 4.68. The highest BCUT2D eigenvalue weighted by Gasteiger charge is 2.11. The van der Waals surface area contributed by atoms with Crippen molar-refractivity contribution < 1.29 is 0 Å². The Kier molecular flexibility index (Phi) is 5.28. The summed E-state index contributed by atoms with van der Waals surface area (Å²) in [4.78, 5) is 0. The molecular formula is C23H28N2. The molecule has 0 aromatic heterocycles. The average molecular weight is 332 g/mol. The minimum absolute atomic E-state index is 0.817. The van der Waals surface area contributed by atoms with Crippen molar-refractivity contribution >= 4 is 11.4 Å². The molecule has 0 unspecified atom stereocenters. The molecule has 2 aromatic carbocycles. The summed E-state index contributed by atoms with van der Waals surface area (Å²) in [7, 11) is 0. The minimum Gasteiger partial charge on any atom is -0.381 e. The molecule has 2 heteroatoms. The van der Waals surface area contributed by atoms with Gasteiger partial charge in [0.15, 0.2) is 0 Å². The quantitative estimate of drug-likeness (QED) is 0.691. The van der Waals surface area contributed by atoms with Gasteiger partial charge in [-0.25, -0.2) is 0 Å². The molecular weight excluding hydrogens is 304 g/mol. The zero-order chi connectivity index (χ0) is 17.8. The first-order valence-corrected chi connectivity index (χ1v) is 9.16. The smallest absolute Gasteiger partial charge is 0.0411 e. The molecule has 0 bridgehead atoms. The van der Waals surface area contributed by atoms with Gasteiger partial charge in [0.2, 0.25) is 0 Å². The van der Waals surface area contributed by atoms with E-state index in [0.717, 1.165) is 35.6 Å². The number of rotatable bonds is 7. The topological polar surface area (TPSA) is 24.1 Å². The first-order chi connectivity index (χ1) is 12.1. The zero-order valence-corrected chi connectivity index (χ0v) is 15.4. The van der Waals surface area contributed by atoms with Crippen molar-refractivity contribution in [3.63, 3.8) is 0 Å². The van der Waals surface area contributed by atoms with Gasteiger partial charge in [0, 0.05) is 23.6 Å². The summed E-state index contributed by atoms with van der Waals surface area (Å²) < 4.78 is 0. The van der Waals surface area contributed by atoms with E-state index in [-0.39, 0.29) is 0 Å². The zero-order valence-electron chi connectivity index (χ0n) is 15.4. The molecule has 0 radical (unpaired) electrons. The summed E-state index contributed by atoms with van der Waals surface area (Å²) in [5.41, 5.74) is 9.81. The number of aryl methyl sites for hydroxylation is 3. The highest BCUT2D eigenvalue weighted by atomic mass is 14.9. The van der Waals surface area contributed by atoms with E-state index >= 15 is 0 Å². The second-order valence-electron chi connectivity index (χ2n) is 6.90. The SMILES string of the molecule is C=C(CC)Nc1ccc(C(=C)NCc2ccc3c(c2)CCC3)cc1C. The fraction of sp³-hybridized carbons (Fsp3) is 0.304. The Morgan fingerprint density at radius 2 is 1.84 bits per heavy atom. The van der Waals surface area contributed by atoms with Crippen molar-refractivity contribution in [2.45, 2.75) is 46.1 Å². The largest absolute Gasteiger partial charge is 0.381 e. The molecule has 1 aliphatic carbocycles. The van der Waals surface area contributed by atoms with Gasteiger partial charge < -0.3 is 10.6 Å². The standard InChI is InChI=1S/C23H28N2/c1-5-17(3)25-23-12-11-21(13-16(23)2)18(4)24-15-19-9-10-20-7-6-8-22(20)14-19/h9-14,24-25H,3-8,15H2,1-2H3. The Balaban J connectivity index is 1.63. The molecule has 2 N–H and O–H groups in total. The van der Waals surface area contributed by atoms with E-state index in [4.69, 9.17) is 0 Å². The van der Waals surface area contributed by atoms with E-state index in [1.807, 2.05) is 0 Å². The fourth-order valence-electron chi connectivity index (χ4n) is 3.32. The van der Waals surface area contributed by atoms with Crippen LogP contribution in [0, 0.1) is 6.92 Å². The van der Waals surface area contributed by atoms with Crippen LogP contribution in [0.1, 0.15) is 47.6 Å². The predicted molar refractivity (Wildman–Crippen MR) is 109 cm³/mol. The Hall–Kier alpha value is -2.48. The van der Waals surface area contributed by atoms with Crippen LogP contribution in [0.5, 0.6) is 0 Å². The maximum Gasteiger partial charge on any atom is 0.0411 e. The molecule has 0 saturated heterocycles. The third-order valence-electron chi connectivity index (χ3n) is 4.98. The number of fused-ring (bicyclic) bond motifs is 1. The number of benzene rings is 2. The van der Waals surface area contributed by atoms with Crippen LogP contribution in [0.3, 0.4) is 0 Å². The maximum absolute atomic E-state index is 4.21. The molecule has 1 aliphatic rings. The van der Waals surface area contributed by atoms with Crippen molar-refractivity contribution in [1.29, 1.82) is 0 Å². The normalized spacial score (nSPS) is 12.6. The average Bonchev–Trinajstić information content (AvgIpc) is 3.08. The van der Waals surface area contributed by atoms with Gasteiger partial charge in [0.1, 0.15) is 0 Å². The lowest BCUT2D eigenvalue weighted by Crippen LogP contribution is -2.11. The van der Waals surface area contributed by atoms with Crippen molar-refractivity contribution in [3.8, 4) is 0 Å². The fourth-order valence-corrected chi connectivity index (χ4v) is 3.32. The second-order valence-corrected chi connectivity index (χ2v) is 6.90. The van der Waals surface area contributed by atoms with Crippen LogP contribution in [-0.4, -0.2) is 0 Å². The first kappa shape index (κ1) is 17.3. The highest BCUT2D eigenvalue weighted by Crippen LogP contribution is 2.24. The number of hydrogen-bond donors (Lipinski definition) is 2. The lowest BCUT2D eigenvalue weighted by molar-refractivity contribution is 0.886. The van der Waals surface area contributed by atoms with E-state index in [9.17, 15) is 0 Å². The molecule has 0 atom stereocenters. The lowest BCUT2D eigenvalue weighted by atomic mass is 10.1. The first-order valence-electron chi connectivity index (χ1n) is 9.16. The van der Waals surface area contributed by atoms with E-state index in [1.54, 1.807) is 0 Å². The van der Waals surface area contributed by atoms with Crippen molar-refractivity contribution in [2.75, 3.05) is 5.32 Å². The number of hydrogen-bond acceptors (Lipinski definition) is 2. The van der Waals surface area contributed by atoms with Gasteiger partial charge in [-0.2, -0.15) is 0 Å². The molecule has 0 saturated carbocycles. The van der Waals surface area contributed by atoms with Gasteiger partial charge in [0.25, 0.3) is 0 Å². The van der Waals surface area contributed by atoms with Gasteiger partial charge in [-0.1, -0.05) is 44.3 Å². The van der Waals surface area contributed by atoms with Gasteiger partial charge in [0.05, 0.1) is 0 Å². The molecule has 0 amide bonds. The Labute approximate surface area is 151 Å². The van der Waals surface area contributed by atoms with Crippen LogP contribution < -0.4 is 10.6 Å². The summed E-state index contributed by atoms with van der Waals surface area (Å²) in [5, 5.41) is 6.84. The molecule has 0 spiro atoms. The van der Waals surface area contributed by atoms with E-state index in [0.29, 0.717) is 0 Å². The predicted octanol–water partition coefficient (Wildman–Crippen LogP) is 5.58. The molecule has 25 heavy (non-hydrogen) atoms. The molecule has 130 valence electrons. The van der Waals surface area contributed by atoms with Crippen LogP contribution in [0.15, 0.2) is 55.3 Å². The Morgan fingerprint density at radius 3 is 2.60 bits per heavy atom. The van der Waals surface area contributed by atoms with Crippen molar-refractivity contribution in [1.82, 2.24) is 5.32 Å². The monoisotopic (exact) mass is 332 g/mol. The number of nitrogens with one attached hydrogen (secondary N) is 2. The molecule has 0 aliphatic heterocycles. The minimum atomic E-state index is 0.817. The molecule has 2 nitrogen and oxygen atoms in total. The third-order valence-corrected chi connectivity index (χ3v) is 4.98. The van der Waals surface area contributed by atoms with Gasteiger partial charge >= 0.3 is 0 Å². The van der Waals surface area contributed by atoms with Crippen molar-refractivity contribution in [3.05, 3.63) is 83.1 Å². The molecule has 0 heterocycles. The van der Waals surface area contributed by atoms with Crippen LogP contribution in [0.4, 0.5) is 5.69 Å². The van der Waals surface area contributed by atoms with Gasteiger partial charge in [-0.05, 0) is 72.6 Å². The molecule has 2 aromatic rings. The summed E-state index contributed by atoms with van der Waals surface area (Å²) in [5.74, 6) is 0. The highest BCUT2D eigenvalue weighted by molar-refractivity contribution is 5.67. The lowest BCUT2D eigenvalue weighted by Gasteiger charge is -2.15. The summed E-state index contributed by atoms with van der Waals surface area (Å²) >= 11 is 0. The summed E-state index contributed by atoms with van der Waals surface area (Å²) in [6.45, 7) is 13.3. The van der Waals surface area contributed by atoms with E-state index in [1.165, 1.54) is 41.5 Å². The summed E-state index contributed by atoms with van der Waals surface area (Å²) in [6, 6.07) is 13.2. The van der Waals surface area contributed by atoms with Gasteiger partial charge in [-0.3, -0.25) is 0 Å². The molecule has 0 fully saturated rings. The van der Waals surface area contributed by atoms with E-state index < -0.39 is 0 Å². The Bertz CT molecular complexity index is 802. The Morgan fingerprint density at radius 1 is 1.04 bits per heavy atom. The number of allylic oxidation sites excluding steroid dienone is 1. The van der Waals surface area contributed by atoms with Crippen molar-refractivity contribution in [2.24, 2.45) is 0 Å². The van der Waals surface area contributed by atoms with Gasteiger partial charge in [-0.15, -0.1) is 0 Å².